The Kier molecular flexibility index (Phi) is 3.48. The Morgan fingerprint density at radius 1 is 1.16 bits per heavy atom. The fourth-order valence-electron chi connectivity index (χ4n) is 1.89. The second-order valence-corrected chi connectivity index (χ2v) is 4.31. The molecule has 100 valence electrons. The molecule has 1 unspecified atom stereocenters. The van der Waals surface area contributed by atoms with E-state index in [4.69, 9.17) is 4.74 Å². The quantitative estimate of drug-likeness (QED) is 0.927. The summed E-state index contributed by atoms with van der Waals surface area (Å²) in [5.41, 5.74) is -1.18. The molecule has 0 fully saturated rings. The highest BCUT2D eigenvalue weighted by Crippen LogP contribution is 2.35. The minimum Gasteiger partial charge on any atom is -0.496 e. The van der Waals surface area contributed by atoms with E-state index < -0.39 is 17.2 Å². The van der Waals surface area contributed by atoms with Crippen LogP contribution in [0.3, 0.4) is 0 Å². The topological polar surface area (TPSA) is 42.4 Å². The van der Waals surface area contributed by atoms with E-state index in [-0.39, 0.29) is 11.1 Å². The number of aromatic nitrogens is 1. The molecular weight excluding hydrogens is 252 g/mol. The highest BCUT2D eigenvalue weighted by molar-refractivity contribution is 5.43. The number of halogens is 2. The van der Waals surface area contributed by atoms with Gasteiger partial charge in [-0.1, -0.05) is 0 Å². The molecule has 3 nitrogen and oxygen atoms in total. The lowest BCUT2D eigenvalue weighted by atomic mass is 9.88. The summed E-state index contributed by atoms with van der Waals surface area (Å²) in [5.74, 6) is -0.774. The third-order valence-electron chi connectivity index (χ3n) is 2.95. The van der Waals surface area contributed by atoms with E-state index in [1.165, 1.54) is 32.4 Å². The van der Waals surface area contributed by atoms with Crippen molar-refractivity contribution in [3.05, 3.63) is 59.4 Å². The molecule has 0 saturated carbocycles. The average molecular weight is 265 g/mol. The van der Waals surface area contributed by atoms with Crippen molar-refractivity contribution in [2.45, 2.75) is 12.5 Å². The SMILES string of the molecule is COc1ccc(F)cc1C(C)(O)c1cncc(F)c1. The predicted molar refractivity (Wildman–Crippen MR) is 65.8 cm³/mol. The maximum Gasteiger partial charge on any atom is 0.141 e. The molecule has 0 aliphatic rings. The lowest BCUT2D eigenvalue weighted by Gasteiger charge is -2.26. The van der Waals surface area contributed by atoms with Crippen molar-refractivity contribution >= 4 is 0 Å². The summed E-state index contributed by atoms with van der Waals surface area (Å²) < 4.78 is 31.6. The van der Waals surface area contributed by atoms with E-state index in [9.17, 15) is 13.9 Å². The van der Waals surface area contributed by atoms with Gasteiger partial charge in [-0.3, -0.25) is 4.98 Å². The first kappa shape index (κ1) is 13.4. The molecule has 1 aromatic carbocycles. The van der Waals surface area contributed by atoms with Crippen molar-refractivity contribution in [3.63, 3.8) is 0 Å². The monoisotopic (exact) mass is 265 g/mol. The highest BCUT2D eigenvalue weighted by Gasteiger charge is 2.30. The number of ether oxygens (including phenoxy) is 1. The molecule has 19 heavy (non-hydrogen) atoms. The molecule has 1 heterocycles. The van der Waals surface area contributed by atoms with Crippen molar-refractivity contribution in [1.82, 2.24) is 4.98 Å². The number of hydrogen-bond acceptors (Lipinski definition) is 3. The van der Waals surface area contributed by atoms with Crippen molar-refractivity contribution < 1.29 is 18.6 Å². The van der Waals surface area contributed by atoms with Gasteiger partial charge >= 0.3 is 0 Å². The van der Waals surface area contributed by atoms with Gasteiger partial charge in [0.2, 0.25) is 0 Å². The third kappa shape index (κ3) is 2.56. The van der Waals surface area contributed by atoms with Gasteiger partial charge in [0, 0.05) is 17.3 Å². The molecule has 1 atom stereocenters. The van der Waals surface area contributed by atoms with E-state index in [1.807, 2.05) is 0 Å². The Labute approximate surface area is 109 Å². The number of benzene rings is 1. The minimum atomic E-state index is -1.61. The van der Waals surface area contributed by atoms with Gasteiger partial charge < -0.3 is 9.84 Å². The molecule has 1 N–H and O–H groups in total. The molecule has 0 radical (unpaired) electrons. The fraction of sp³-hybridized carbons (Fsp3) is 0.214. The number of methoxy groups -OCH3 is 1. The van der Waals surface area contributed by atoms with Gasteiger partial charge in [-0.15, -0.1) is 0 Å². The zero-order chi connectivity index (χ0) is 14.0. The highest BCUT2D eigenvalue weighted by atomic mass is 19.1. The van der Waals surface area contributed by atoms with Crippen LogP contribution in [0.1, 0.15) is 18.1 Å². The first-order valence-electron chi connectivity index (χ1n) is 5.62. The maximum absolute atomic E-state index is 13.4. The number of nitrogens with zero attached hydrogens (tertiary/aromatic N) is 1. The average Bonchev–Trinajstić information content (AvgIpc) is 2.38. The lowest BCUT2D eigenvalue weighted by Crippen LogP contribution is -2.24. The van der Waals surface area contributed by atoms with Crippen molar-refractivity contribution in [3.8, 4) is 5.75 Å². The number of aliphatic hydroxyl groups is 1. The predicted octanol–water partition coefficient (Wildman–Crippen LogP) is 2.62. The molecule has 0 aliphatic carbocycles. The first-order chi connectivity index (χ1) is 8.95. The van der Waals surface area contributed by atoms with E-state index in [2.05, 4.69) is 4.98 Å². The van der Waals surface area contributed by atoms with Crippen LogP contribution < -0.4 is 4.74 Å². The van der Waals surface area contributed by atoms with E-state index in [0.29, 0.717) is 5.75 Å². The van der Waals surface area contributed by atoms with E-state index in [1.54, 1.807) is 0 Å². The van der Waals surface area contributed by atoms with Crippen LogP contribution in [0.15, 0.2) is 36.7 Å². The lowest BCUT2D eigenvalue weighted by molar-refractivity contribution is 0.0977. The van der Waals surface area contributed by atoms with Crippen LogP contribution in [0.5, 0.6) is 5.75 Å². The van der Waals surface area contributed by atoms with E-state index >= 15 is 0 Å². The largest absolute Gasteiger partial charge is 0.496 e. The molecule has 5 heteroatoms. The van der Waals surface area contributed by atoms with Crippen molar-refractivity contribution in [2.24, 2.45) is 0 Å². The third-order valence-corrected chi connectivity index (χ3v) is 2.95. The number of pyridine rings is 1. The van der Waals surface area contributed by atoms with Crippen molar-refractivity contribution in [2.75, 3.05) is 7.11 Å². The van der Waals surface area contributed by atoms with Gasteiger partial charge in [-0.2, -0.15) is 0 Å². The van der Waals surface area contributed by atoms with E-state index in [0.717, 1.165) is 18.3 Å². The molecule has 2 aromatic rings. The van der Waals surface area contributed by atoms with Crippen LogP contribution in [-0.4, -0.2) is 17.2 Å². The Morgan fingerprint density at radius 2 is 1.89 bits per heavy atom. The molecule has 0 saturated heterocycles. The van der Waals surface area contributed by atoms with Crippen molar-refractivity contribution in [1.29, 1.82) is 0 Å². The summed E-state index contributed by atoms with van der Waals surface area (Å²) in [6.45, 7) is 1.43. The molecule has 0 amide bonds. The Bertz CT molecular complexity index is 600. The van der Waals surface area contributed by atoms with Gasteiger partial charge in [-0.05, 0) is 31.2 Å². The van der Waals surface area contributed by atoms with Crippen LogP contribution >= 0.6 is 0 Å². The van der Waals surface area contributed by atoms with Gasteiger partial charge in [0.15, 0.2) is 0 Å². The first-order valence-corrected chi connectivity index (χ1v) is 5.62. The second-order valence-electron chi connectivity index (χ2n) is 4.31. The van der Waals surface area contributed by atoms with Crippen LogP contribution in [0, 0.1) is 11.6 Å². The summed E-state index contributed by atoms with van der Waals surface area (Å²) in [4.78, 5) is 3.68. The Morgan fingerprint density at radius 3 is 2.53 bits per heavy atom. The summed E-state index contributed by atoms with van der Waals surface area (Å²) in [5, 5.41) is 10.6. The molecule has 1 aromatic heterocycles. The summed E-state index contributed by atoms with van der Waals surface area (Å²) in [6.07, 6.45) is 2.36. The molecule has 0 spiro atoms. The zero-order valence-electron chi connectivity index (χ0n) is 10.5. The Balaban J connectivity index is 2.58. The van der Waals surface area contributed by atoms with Gasteiger partial charge in [0.1, 0.15) is 23.0 Å². The molecular formula is C14H13F2NO2. The minimum absolute atomic E-state index is 0.211. The van der Waals surface area contributed by atoms with Gasteiger partial charge in [-0.25, -0.2) is 8.78 Å². The van der Waals surface area contributed by atoms with Crippen LogP contribution in [-0.2, 0) is 5.60 Å². The smallest absolute Gasteiger partial charge is 0.141 e. The van der Waals surface area contributed by atoms with Gasteiger partial charge in [0.05, 0.1) is 13.3 Å². The van der Waals surface area contributed by atoms with Crippen LogP contribution in [0.4, 0.5) is 8.78 Å². The Hall–Kier alpha value is -2.01. The second kappa shape index (κ2) is 4.93. The zero-order valence-corrected chi connectivity index (χ0v) is 10.5. The van der Waals surface area contributed by atoms with Gasteiger partial charge in [0.25, 0.3) is 0 Å². The molecule has 0 aliphatic heterocycles. The van der Waals surface area contributed by atoms with Crippen LogP contribution in [0.25, 0.3) is 0 Å². The number of hydrogen-bond donors (Lipinski definition) is 1. The summed E-state index contributed by atoms with van der Waals surface area (Å²) >= 11 is 0. The summed E-state index contributed by atoms with van der Waals surface area (Å²) in [6, 6.07) is 4.94. The normalized spacial score (nSPS) is 13.9. The summed E-state index contributed by atoms with van der Waals surface area (Å²) in [7, 11) is 1.41. The molecule has 0 bridgehead atoms. The maximum atomic E-state index is 13.4. The fourth-order valence-corrected chi connectivity index (χ4v) is 1.89. The van der Waals surface area contributed by atoms with Crippen LogP contribution in [0.2, 0.25) is 0 Å². The standard InChI is InChI=1S/C14H13F2NO2/c1-14(18,9-5-11(16)8-17-7-9)12-6-10(15)3-4-13(12)19-2/h3-8,18H,1-2H3. The number of rotatable bonds is 3. The molecule has 2 rings (SSSR count).